The molecule has 1 aromatic rings. The molecule has 3 N–H and O–H groups in total. The summed E-state index contributed by atoms with van der Waals surface area (Å²) in [5, 5.41) is 6.82. The second-order valence-corrected chi connectivity index (χ2v) is 4.98. The minimum absolute atomic E-state index is 0.270. The number of hydrogen-bond acceptors (Lipinski definition) is 3. The second kappa shape index (κ2) is 5.19. The van der Waals surface area contributed by atoms with E-state index >= 15 is 0 Å². The zero-order valence-corrected chi connectivity index (χ0v) is 9.43. The summed E-state index contributed by atoms with van der Waals surface area (Å²) in [6, 6.07) is 2.40. The minimum Gasteiger partial charge on any atom is -0.351 e. The van der Waals surface area contributed by atoms with E-state index in [1.807, 2.05) is 0 Å². The average molecular weight is 264 g/mol. The van der Waals surface area contributed by atoms with Crippen molar-refractivity contribution >= 4 is 15.9 Å². The Morgan fingerprint density at radius 2 is 2.00 bits per heavy atom. The normalized spacial score (nSPS) is 11.2. The summed E-state index contributed by atoms with van der Waals surface area (Å²) in [5.41, 5.74) is -0.487. The van der Waals surface area contributed by atoms with Gasteiger partial charge in [-0.05, 0) is 18.2 Å². The fraction of sp³-hybridized carbons (Fsp3) is 0.222. The number of nitrogens with one attached hydrogen (secondary N) is 1. The van der Waals surface area contributed by atoms with Gasteiger partial charge in [0.2, 0.25) is 10.0 Å². The Balaban J connectivity index is 2.67. The van der Waals surface area contributed by atoms with E-state index in [0.717, 1.165) is 18.2 Å². The zero-order chi connectivity index (χ0) is 13.1. The largest absolute Gasteiger partial charge is 0.351 e. The third kappa shape index (κ3) is 4.45. The molecule has 5 nitrogen and oxygen atoms in total. The van der Waals surface area contributed by atoms with Crippen LogP contribution in [0.15, 0.2) is 18.2 Å². The fourth-order valence-corrected chi connectivity index (χ4v) is 1.46. The maximum Gasteiger partial charge on any atom is 0.254 e. The van der Waals surface area contributed by atoms with Gasteiger partial charge in [0, 0.05) is 6.54 Å². The van der Waals surface area contributed by atoms with Crippen LogP contribution in [0.25, 0.3) is 0 Å². The molecule has 0 atom stereocenters. The lowest BCUT2D eigenvalue weighted by molar-refractivity contribution is 0.0951. The number of carbonyl (C=O) groups excluding carboxylic acids is 1. The molecule has 0 saturated carbocycles. The molecule has 1 amide bonds. The van der Waals surface area contributed by atoms with E-state index < -0.39 is 38.9 Å². The molecule has 1 rings (SSSR count). The lowest BCUT2D eigenvalue weighted by Crippen LogP contribution is -2.32. The third-order valence-corrected chi connectivity index (χ3v) is 2.62. The van der Waals surface area contributed by atoms with Gasteiger partial charge in [0.25, 0.3) is 5.91 Å². The maximum absolute atomic E-state index is 13.1. The first-order valence-electron chi connectivity index (χ1n) is 4.53. The van der Waals surface area contributed by atoms with E-state index in [4.69, 9.17) is 5.14 Å². The number of amides is 1. The van der Waals surface area contributed by atoms with Gasteiger partial charge in [-0.2, -0.15) is 0 Å². The molecule has 0 heterocycles. The summed E-state index contributed by atoms with van der Waals surface area (Å²) in [6.07, 6.45) is 0. The van der Waals surface area contributed by atoms with E-state index in [0.29, 0.717) is 0 Å². The summed E-state index contributed by atoms with van der Waals surface area (Å²) in [5.74, 6) is -3.02. The lowest BCUT2D eigenvalue weighted by Gasteiger charge is -2.05. The highest BCUT2D eigenvalue weighted by atomic mass is 32.2. The first-order valence-corrected chi connectivity index (χ1v) is 6.25. The van der Waals surface area contributed by atoms with Gasteiger partial charge in [0.05, 0.1) is 11.3 Å². The molecule has 0 fully saturated rings. The molecule has 0 saturated heterocycles. The topological polar surface area (TPSA) is 89.3 Å². The average Bonchev–Trinajstić information content (AvgIpc) is 2.19. The third-order valence-electron chi connectivity index (χ3n) is 1.85. The van der Waals surface area contributed by atoms with Gasteiger partial charge in [0.1, 0.15) is 11.6 Å². The molecule has 94 valence electrons. The molecule has 8 heteroatoms. The Morgan fingerprint density at radius 1 is 1.35 bits per heavy atom. The number of carbonyl (C=O) groups is 1. The lowest BCUT2D eigenvalue weighted by atomic mass is 10.2. The van der Waals surface area contributed by atoms with Crippen LogP contribution in [-0.2, 0) is 10.0 Å². The highest BCUT2D eigenvalue weighted by Crippen LogP contribution is 2.09. The summed E-state index contributed by atoms with van der Waals surface area (Å²) >= 11 is 0. The number of primary sulfonamides is 1. The van der Waals surface area contributed by atoms with Crippen molar-refractivity contribution in [1.29, 1.82) is 0 Å². The molecular formula is C9H10F2N2O3S. The molecule has 0 spiro atoms. The standard InChI is InChI=1S/C9H10F2N2O3S/c10-6-1-2-8(11)7(5-6)9(14)13-3-4-17(12,15)16/h1-2,5H,3-4H2,(H,13,14)(H2,12,15,16). The van der Waals surface area contributed by atoms with Gasteiger partial charge >= 0.3 is 0 Å². The Labute approximate surface area is 96.7 Å². The van der Waals surface area contributed by atoms with Crippen molar-refractivity contribution in [3.8, 4) is 0 Å². The first kappa shape index (κ1) is 13.5. The van der Waals surface area contributed by atoms with Crippen LogP contribution in [0.2, 0.25) is 0 Å². The predicted octanol–water partition coefficient (Wildman–Crippen LogP) is -0.0169. The van der Waals surface area contributed by atoms with Gasteiger partial charge in [-0.3, -0.25) is 4.79 Å². The number of benzene rings is 1. The van der Waals surface area contributed by atoms with E-state index in [1.54, 1.807) is 0 Å². The molecule has 17 heavy (non-hydrogen) atoms. The number of hydrogen-bond donors (Lipinski definition) is 2. The molecule has 0 aliphatic carbocycles. The fourth-order valence-electron chi connectivity index (χ4n) is 1.07. The van der Waals surface area contributed by atoms with Crippen LogP contribution >= 0.6 is 0 Å². The van der Waals surface area contributed by atoms with E-state index in [-0.39, 0.29) is 6.54 Å². The van der Waals surface area contributed by atoms with Gasteiger partial charge in [-0.15, -0.1) is 0 Å². The quantitative estimate of drug-likeness (QED) is 0.801. The van der Waals surface area contributed by atoms with Crippen LogP contribution < -0.4 is 10.5 Å². The van der Waals surface area contributed by atoms with E-state index in [2.05, 4.69) is 5.32 Å². The molecule has 0 radical (unpaired) electrons. The van der Waals surface area contributed by atoms with Crippen molar-refractivity contribution in [2.24, 2.45) is 5.14 Å². The van der Waals surface area contributed by atoms with Crippen molar-refractivity contribution in [2.75, 3.05) is 12.3 Å². The van der Waals surface area contributed by atoms with Crippen LogP contribution in [0.3, 0.4) is 0 Å². The van der Waals surface area contributed by atoms with Crippen molar-refractivity contribution in [2.45, 2.75) is 0 Å². The van der Waals surface area contributed by atoms with Crippen molar-refractivity contribution in [3.63, 3.8) is 0 Å². The van der Waals surface area contributed by atoms with Crippen LogP contribution in [-0.4, -0.2) is 26.6 Å². The SMILES string of the molecule is NS(=O)(=O)CCNC(=O)c1cc(F)ccc1F. The Morgan fingerprint density at radius 3 is 2.59 bits per heavy atom. The summed E-state index contributed by atoms with van der Waals surface area (Å²) in [6.45, 7) is -0.270. The van der Waals surface area contributed by atoms with Crippen molar-refractivity contribution in [3.05, 3.63) is 35.4 Å². The van der Waals surface area contributed by atoms with Gasteiger partial charge in [-0.1, -0.05) is 0 Å². The number of halogens is 2. The highest BCUT2D eigenvalue weighted by molar-refractivity contribution is 7.89. The molecule has 0 aromatic heterocycles. The number of sulfonamides is 1. The van der Waals surface area contributed by atoms with Crippen molar-refractivity contribution < 1.29 is 22.0 Å². The van der Waals surface area contributed by atoms with E-state index in [9.17, 15) is 22.0 Å². The van der Waals surface area contributed by atoms with Crippen LogP contribution in [0.5, 0.6) is 0 Å². The molecule has 0 unspecified atom stereocenters. The summed E-state index contributed by atoms with van der Waals surface area (Å²) < 4.78 is 47.0. The molecule has 1 aromatic carbocycles. The molecule has 0 aliphatic heterocycles. The summed E-state index contributed by atoms with van der Waals surface area (Å²) in [7, 11) is -3.70. The summed E-state index contributed by atoms with van der Waals surface area (Å²) in [4.78, 5) is 11.4. The Bertz CT molecular complexity index is 531. The highest BCUT2D eigenvalue weighted by Gasteiger charge is 2.13. The van der Waals surface area contributed by atoms with E-state index in [1.165, 1.54) is 0 Å². The Hall–Kier alpha value is -1.54. The van der Waals surface area contributed by atoms with Crippen LogP contribution in [0, 0.1) is 11.6 Å². The molecule has 0 bridgehead atoms. The monoisotopic (exact) mass is 264 g/mol. The van der Waals surface area contributed by atoms with Crippen LogP contribution in [0.1, 0.15) is 10.4 Å². The van der Waals surface area contributed by atoms with Crippen LogP contribution in [0.4, 0.5) is 8.78 Å². The van der Waals surface area contributed by atoms with Crippen molar-refractivity contribution in [1.82, 2.24) is 5.32 Å². The van der Waals surface area contributed by atoms with Gasteiger partial charge < -0.3 is 5.32 Å². The zero-order valence-electron chi connectivity index (χ0n) is 8.61. The Kier molecular flexibility index (Phi) is 4.13. The first-order chi connectivity index (χ1) is 7.79. The smallest absolute Gasteiger partial charge is 0.254 e. The van der Waals surface area contributed by atoms with Gasteiger partial charge in [0.15, 0.2) is 0 Å². The second-order valence-electron chi connectivity index (χ2n) is 3.25. The molecular weight excluding hydrogens is 254 g/mol. The molecule has 0 aliphatic rings. The van der Waals surface area contributed by atoms with Gasteiger partial charge in [-0.25, -0.2) is 22.3 Å². The maximum atomic E-state index is 13.1. The number of rotatable bonds is 4. The number of nitrogens with two attached hydrogens (primary N) is 1. The minimum atomic E-state index is -3.70. The predicted molar refractivity (Wildman–Crippen MR) is 56.7 cm³/mol.